The summed E-state index contributed by atoms with van der Waals surface area (Å²) < 4.78 is 6.81. The monoisotopic (exact) mass is 340 g/mol. The Hall–Kier alpha value is -1.26. The van der Waals surface area contributed by atoms with E-state index in [1.54, 1.807) is 12.1 Å². The third-order valence-electron chi connectivity index (χ3n) is 2.66. The van der Waals surface area contributed by atoms with E-state index >= 15 is 0 Å². The lowest BCUT2D eigenvalue weighted by Crippen LogP contribution is -1.98. The van der Waals surface area contributed by atoms with Crippen LogP contribution in [-0.4, -0.2) is 4.98 Å². The molecule has 19 heavy (non-hydrogen) atoms. The van der Waals surface area contributed by atoms with Crippen LogP contribution in [0.15, 0.2) is 34.8 Å². The molecule has 5 heteroatoms. The first kappa shape index (κ1) is 14.2. The summed E-state index contributed by atoms with van der Waals surface area (Å²) in [4.78, 5) is 4.10. The van der Waals surface area contributed by atoms with Crippen molar-refractivity contribution in [2.24, 2.45) is 0 Å². The first-order valence-corrected chi connectivity index (χ1v) is 7.04. The maximum atomic E-state index is 5.86. The van der Waals surface area contributed by atoms with E-state index in [9.17, 15) is 0 Å². The van der Waals surface area contributed by atoms with E-state index < -0.39 is 0 Å². The molecule has 0 aliphatic rings. The zero-order valence-electron chi connectivity index (χ0n) is 10.7. The van der Waals surface area contributed by atoms with Gasteiger partial charge in [-0.1, -0.05) is 41.4 Å². The minimum absolute atomic E-state index is 0.327. The van der Waals surface area contributed by atoms with Gasteiger partial charge in [-0.2, -0.15) is 4.98 Å². The highest BCUT2D eigenvalue weighted by Crippen LogP contribution is 2.34. The van der Waals surface area contributed by atoms with Crippen LogP contribution in [0.2, 0.25) is 5.15 Å². The summed E-state index contributed by atoms with van der Waals surface area (Å²) in [6, 6.07) is 9.15. The Morgan fingerprint density at radius 3 is 2.68 bits per heavy atom. The Morgan fingerprint density at radius 2 is 2.00 bits per heavy atom. The van der Waals surface area contributed by atoms with Crippen molar-refractivity contribution in [2.45, 2.75) is 19.8 Å². The van der Waals surface area contributed by atoms with E-state index in [0.717, 1.165) is 15.8 Å². The fraction of sp³-hybridized carbons (Fsp3) is 0.214. The van der Waals surface area contributed by atoms with Gasteiger partial charge in [-0.15, -0.1) is 0 Å². The summed E-state index contributed by atoms with van der Waals surface area (Å²) >= 11 is 9.32. The molecule has 0 aliphatic heterocycles. The Morgan fingerprint density at radius 1 is 1.26 bits per heavy atom. The SMILES string of the molecule is CC(C)c1cc(Br)ccc1Oc1nc(Cl)ccc1N. The Labute approximate surface area is 125 Å². The second kappa shape index (κ2) is 5.80. The molecule has 0 saturated heterocycles. The first-order valence-electron chi connectivity index (χ1n) is 5.86. The molecule has 0 atom stereocenters. The summed E-state index contributed by atoms with van der Waals surface area (Å²) in [7, 11) is 0. The van der Waals surface area contributed by atoms with E-state index in [4.69, 9.17) is 22.1 Å². The van der Waals surface area contributed by atoms with E-state index in [0.29, 0.717) is 22.6 Å². The fourth-order valence-corrected chi connectivity index (χ4v) is 2.20. The highest BCUT2D eigenvalue weighted by Gasteiger charge is 2.12. The van der Waals surface area contributed by atoms with Crippen LogP contribution in [0, 0.1) is 0 Å². The van der Waals surface area contributed by atoms with Crippen molar-refractivity contribution in [3.05, 3.63) is 45.5 Å². The fourth-order valence-electron chi connectivity index (χ4n) is 1.68. The first-order chi connectivity index (χ1) is 8.97. The summed E-state index contributed by atoms with van der Waals surface area (Å²) in [5.74, 6) is 1.39. The van der Waals surface area contributed by atoms with Gasteiger partial charge in [-0.25, -0.2) is 0 Å². The Bertz CT molecular complexity index is 602. The quantitative estimate of drug-likeness (QED) is 0.800. The highest BCUT2D eigenvalue weighted by molar-refractivity contribution is 9.10. The number of aromatic nitrogens is 1. The van der Waals surface area contributed by atoms with E-state index in [1.807, 2.05) is 18.2 Å². The number of rotatable bonds is 3. The summed E-state index contributed by atoms with van der Waals surface area (Å²) in [5, 5.41) is 0.354. The minimum atomic E-state index is 0.327. The molecule has 2 N–H and O–H groups in total. The number of hydrogen-bond donors (Lipinski definition) is 1. The molecule has 0 unspecified atom stereocenters. The van der Waals surface area contributed by atoms with Crippen molar-refractivity contribution < 1.29 is 4.74 Å². The molecule has 3 nitrogen and oxygen atoms in total. The summed E-state index contributed by atoms with van der Waals surface area (Å²) in [5.41, 5.74) is 7.38. The van der Waals surface area contributed by atoms with Gasteiger partial charge in [0.15, 0.2) is 0 Å². The normalized spacial score (nSPS) is 10.8. The minimum Gasteiger partial charge on any atom is -0.437 e. The van der Waals surface area contributed by atoms with Gasteiger partial charge in [-0.05, 0) is 41.8 Å². The van der Waals surface area contributed by atoms with Gasteiger partial charge in [0.05, 0.1) is 5.69 Å². The molecule has 0 spiro atoms. The third kappa shape index (κ3) is 3.39. The molecule has 0 amide bonds. The highest BCUT2D eigenvalue weighted by atomic mass is 79.9. The van der Waals surface area contributed by atoms with E-state index in [1.165, 1.54) is 0 Å². The number of halogens is 2. The molecular formula is C14H14BrClN2O. The lowest BCUT2D eigenvalue weighted by Gasteiger charge is -2.14. The molecular weight excluding hydrogens is 328 g/mol. The van der Waals surface area contributed by atoms with Crippen LogP contribution in [0.1, 0.15) is 25.3 Å². The molecule has 0 aliphatic carbocycles. The van der Waals surface area contributed by atoms with Crippen molar-refractivity contribution in [1.82, 2.24) is 4.98 Å². The van der Waals surface area contributed by atoms with Crippen LogP contribution < -0.4 is 10.5 Å². The lowest BCUT2D eigenvalue weighted by molar-refractivity contribution is 0.457. The van der Waals surface area contributed by atoms with Gasteiger partial charge in [0.2, 0.25) is 5.88 Å². The molecule has 2 rings (SSSR count). The summed E-state index contributed by atoms with van der Waals surface area (Å²) in [6.07, 6.45) is 0. The molecule has 2 aromatic rings. The van der Waals surface area contributed by atoms with Gasteiger partial charge < -0.3 is 10.5 Å². The number of benzene rings is 1. The van der Waals surface area contributed by atoms with Gasteiger partial charge in [0.1, 0.15) is 10.9 Å². The Kier molecular flexibility index (Phi) is 4.32. The second-order valence-corrected chi connectivity index (χ2v) is 5.77. The Balaban J connectivity index is 2.40. The van der Waals surface area contributed by atoms with Gasteiger partial charge >= 0.3 is 0 Å². The largest absolute Gasteiger partial charge is 0.437 e. The maximum absolute atomic E-state index is 5.86. The van der Waals surface area contributed by atoms with Gasteiger partial charge in [0, 0.05) is 4.47 Å². The van der Waals surface area contributed by atoms with Gasteiger partial charge in [0.25, 0.3) is 0 Å². The number of nitrogen functional groups attached to an aromatic ring is 1. The zero-order chi connectivity index (χ0) is 14.0. The van der Waals surface area contributed by atoms with Crippen LogP contribution >= 0.6 is 27.5 Å². The molecule has 1 heterocycles. The molecule has 0 saturated carbocycles. The zero-order valence-corrected chi connectivity index (χ0v) is 13.0. The van der Waals surface area contributed by atoms with Gasteiger partial charge in [-0.3, -0.25) is 0 Å². The van der Waals surface area contributed by atoms with Crippen molar-refractivity contribution >= 4 is 33.2 Å². The van der Waals surface area contributed by atoms with Crippen LogP contribution in [0.4, 0.5) is 5.69 Å². The molecule has 100 valence electrons. The van der Waals surface area contributed by atoms with Crippen LogP contribution in [0.25, 0.3) is 0 Å². The smallest absolute Gasteiger partial charge is 0.244 e. The molecule has 0 bridgehead atoms. The topological polar surface area (TPSA) is 48.1 Å². The van der Waals surface area contributed by atoms with Crippen molar-refractivity contribution in [3.8, 4) is 11.6 Å². The third-order valence-corrected chi connectivity index (χ3v) is 3.36. The second-order valence-electron chi connectivity index (χ2n) is 4.47. The number of nitrogens with zero attached hydrogens (tertiary/aromatic N) is 1. The predicted octanol–water partition coefficient (Wildman–Crippen LogP) is 5.00. The van der Waals surface area contributed by atoms with Crippen molar-refractivity contribution in [2.75, 3.05) is 5.73 Å². The number of hydrogen-bond acceptors (Lipinski definition) is 3. The number of anilines is 1. The molecule has 0 radical (unpaired) electrons. The molecule has 1 aromatic carbocycles. The van der Waals surface area contributed by atoms with Crippen LogP contribution in [-0.2, 0) is 0 Å². The van der Waals surface area contributed by atoms with E-state index in [-0.39, 0.29) is 0 Å². The van der Waals surface area contributed by atoms with Crippen molar-refractivity contribution in [1.29, 1.82) is 0 Å². The van der Waals surface area contributed by atoms with Crippen molar-refractivity contribution in [3.63, 3.8) is 0 Å². The van der Waals surface area contributed by atoms with Crippen LogP contribution in [0.3, 0.4) is 0 Å². The van der Waals surface area contributed by atoms with E-state index in [2.05, 4.69) is 34.8 Å². The average molecular weight is 342 g/mol. The molecule has 0 fully saturated rings. The van der Waals surface area contributed by atoms with Crippen LogP contribution in [0.5, 0.6) is 11.6 Å². The summed E-state index contributed by atoms with van der Waals surface area (Å²) in [6.45, 7) is 4.20. The average Bonchev–Trinajstić information content (AvgIpc) is 2.35. The maximum Gasteiger partial charge on any atom is 0.244 e. The number of nitrogens with two attached hydrogens (primary N) is 1. The predicted molar refractivity (Wildman–Crippen MR) is 82.0 cm³/mol. The number of pyridine rings is 1. The standard InChI is InChI=1S/C14H14BrClN2O/c1-8(2)10-7-9(15)3-5-12(10)19-14-11(17)4-6-13(16)18-14/h3-8H,17H2,1-2H3. The lowest BCUT2D eigenvalue weighted by atomic mass is 10.0. The number of ether oxygens (including phenoxy) is 1. The molecule has 1 aromatic heterocycles.